The van der Waals surface area contributed by atoms with Gasteiger partial charge in [0.05, 0.1) is 0 Å². The molecule has 1 nitrogen and oxygen atoms in total. The highest BCUT2D eigenvalue weighted by molar-refractivity contribution is 4.74. The van der Waals surface area contributed by atoms with Crippen LogP contribution in [0.1, 0.15) is 19.8 Å². The van der Waals surface area contributed by atoms with Crippen molar-refractivity contribution in [3.05, 3.63) is 0 Å². The SMILES string of the molecule is CC[C@@H]1CNC[C@H](F)C1. The molecule has 1 heterocycles. The molecule has 1 fully saturated rings. The molecule has 0 aromatic carbocycles. The van der Waals surface area contributed by atoms with Gasteiger partial charge in [-0.05, 0) is 18.9 Å². The van der Waals surface area contributed by atoms with Crippen molar-refractivity contribution in [1.29, 1.82) is 0 Å². The van der Waals surface area contributed by atoms with E-state index in [2.05, 4.69) is 12.2 Å². The molecule has 0 aliphatic carbocycles. The Morgan fingerprint density at radius 1 is 1.56 bits per heavy atom. The minimum Gasteiger partial charge on any atom is -0.314 e. The topological polar surface area (TPSA) is 12.0 Å². The maximum Gasteiger partial charge on any atom is 0.113 e. The van der Waals surface area contributed by atoms with Crippen LogP contribution in [-0.2, 0) is 0 Å². The van der Waals surface area contributed by atoms with E-state index in [9.17, 15) is 4.39 Å². The molecule has 0 spiro atoms. The Hall–Kier alpha value is -0.110. The Kier molecular flexibility index (Phi) is 2.46. The number of hydrogen-bond acceptors (Lipinski definition) is 1. The molecule has 0 saturated carbocycles. The van der Waals surface area contributed by atoms with Gasteiger partial charge in [-0.25, -0.2) is 4.39 Å². The summed E-state index contributed by atoms with van der Waals surface area (Å²) < 4.78 is 12.6. The minimum atomic E-state index is -0.594. The fourth-order valence-corrected chi connectivity index (χ4v) is 1.28. The molecule has 1 saturated heterocycles. The van der Waals surface area contributed by atoms with E-state index in [1.54, 1.807) is 0 Å². The van der Waals surface area contributed by atoms with Crippen molar-refractivity contribution in [3.8, 4) is 0 Å². The molecule has 0 radical (unpaired) electrons. The molecular weight excluding hydrogens is 117 g/mol. The van der Waals surface area contributed by atoms with Crippen molar-refractivity contribution in [3.63, 3.8) is 0 Å². The van der Waals surface area contributed by atoms with E-state index in [1.807, 2.05) is 0 Å². The molecular formula is C7H14FN. The lowest BCUT2D eigenvalue weighted by molar-refractivity contribution is 0.211. The lowest BCUT2D eigenvalue weighted by atomic mass is 9.96. The zero-order valence-electron chi connectivity index (χ0n) is 5.86. The second-order valence-corrected chi connectivity index (χ2v) is 2.77. The van der Waals surface area contributed by atoms with E-state index in [0.717, 1.165) is 19.4 Å². The number of rotatable bonds is 1. The summed E-state index contributed by atoms with van der Waals surface area (Å²) in [7, 11) is 0. The summed E-state index contributed by atoms with van der Waals surface area (Å²) in [5.41, 5.74) is 0. The third-order valence-corrected chi connectivity index (χ3v) is 1.97. The molecule has 1 N–H and O–H groups in total. The average molecular weight is 131 g/mol. The van der Waals surface area contributed by atoms with E-state index in [-0.39, 0.29) is 0 Å². The van der Waals surface area contributed by atoms with Gasteiger partial charge in [0.25, 0.3) is 0 Å². The molecule has 9 heavy (non-hydrogen) atoms. The first kappa shape index (κ1) is 7.00. The lowest BCUT2D eigenvalue weighted by Gasteiger charge is -2.24. The van der Waals surface area contributed by atoms with Crippen LogP contribution in [0, 0.1) is 5.92 Å². The highest BCUT2D eigenvalue weighted by atomic mass is 19.1. The first-order chi connectivity index (χ1) is 4.33. The molecule has 1 aliphatic rings. The number of piperidine rings is 1. The molecule has 2 heteroatoms. The van der Waals surface area contributed by atoms with Crippen molar-refractivity contribution in [2.75, 3.05) is 13.1 Å². The third-order valence-electron chi connectivity index (χ3n) is 1.97. The Balaban J connectivity index is 2.23. The Morgan fingerprint density at radius 2 is 2.33 bits per heavy atom. The van der Waals surface area contributed by atoms with Gasteiger partial charge in [0.15, 0.2) is 0 Å². The van der Waals surface area contributed by atoms with Crippen LogP contribution in [0.25, 0.3) is 0 Å². The summed E-state index contributed by atoms with van der Waals surface area (Å²) in [6.07, 6.45) is 1.28. The summed E-state index contributed by atoms with van der Waals surface area (Å²) in [4.78, 5) is 0. The molecule has 1 aliphatic heterocycles. The van der Waals surface area contributed by atoms with E-state index in [0.29, 0.717) is 12.5 Å². The van der Waals surface area contributed by atoms with Crippen molar-refractivity contribution in [2.24, 2.45) is 5.92 Å². The zero-order chi connectivity index (χ0) is 6.69. The smallest absolute Gasteiger partial charge is 0.113 e. The normalized spacial score (nSPS) is 36.7. The largest absolute Gasteiger partial charge is 0.314 e. The van der Waals surface area contributed by atoms with Crippen LogP contribution in [0.15, 0.2) is 0 Å². The van der Waals surface area contributed by atoms with Crippen molar-refractivity contribution in [1.82, 2.24) is 5.32 Å². The summed E-state index contributed by atoms with van der Waals surface area (Å²) in [6.45, 7) is 3.69. The summed E-state index contributed by atoms with van der Waals surface area (Å²) in [6, 6.07) is 0. The van der Waals surface area contributed by atoms with Gasteiger partial charge in [0.1, 0.15) is 6.17 Å². The monoisotopic (exact) mass is 131 g/mol. The Morgan fingerprint density at radius 3 is 2.78 bits per heavy atom. The van der Waals surface area contributed by atoms with Gasteiger partial charge in [-0.15, -0.1) is 0 Å². The molecule has 2 atom stereocenters. The van der Waals surface area contributed by atoms with E-state index >= 15 is 0 Å². The van der Waals surface area contributed by atoms with Crippen molar-refractivity contribution in [2.45, 2.75) is 25.9 Å². The average Bonchev–Trinajstić information content (AvgIpc) is 1.88. The molecule has 0 aromatic rings. The Bertz CT molecular complexity index is 85.0. The highest BCUT2D eigenvalue weighted by Crippen LogP contribution is 2.15. The summed E-state index contributed by atoms with van der Waals surface area (Å²) in [5, 5.41) is 3.06. The maximum atomic E-state index is 12.6. The minimum absolute atomic E-state index is 0.566. The fraction of sp³-hybridized carbons (Fsp3) is 1.00. The van der Waals surface area contributed by atoms with Gasteiger partial charge in [0.2, 0.25) is 0 Å². The molecule has 1 rings (SSSR count). The number of halogens is 1. The molecule has 0 amide bonds. The Labute approximate surface area is 55.6 Å². The number of hydrogen-bond donors (Lipinski definition) is 1. The predicted octanol–water partition coefficient (Wildman–Crippen LogP) is 1.34. The fourth-order valence-electron chi connectivity index (χ4n) is 1.28. The van der Waals surface area contributed by atoms with Gasteiger partial charge in [0, 0.05) is 6.54 Å². The van der Waals surface area contributed by atoms with Crippen LogP contribution in [0.5, 0.6) is 0 Å². The lowest BCUT2D eigenvalue weighted by Crippen LogP contribution is -2.36. The van der Waals surface area contributed by atoms with Crippen LogP contribution in [0.4, 0.5) is 4.39 Å². The first-order valence-electron chi connectivity index (χ1n) is 3.67. The van der Waals surface area contributed by atoms with Crippen LogP contribution < -0.4 is 5.32 Å². The van der Waals surface area contributed by atoms with Crippen molar-refractivity contribution >= 4 is 0 Å². The van der Waals surface area contributed by atoms with Crippen LogP contribution in [-0.4, -0.2) is 19.3 Å². The third kappa shape index (κ3) is 1.94. The first-order valence-corrected chi connectivity index (χ1v) is 3.67. The maximum absolute atomic E-state index is 12.6. The summed E-state index contributed by atoms with van der Waals surface area (Å²) in [5.74, 6) is 0.578. The van der Waals surface area contributed by atoms with E-state index in [4.69, 9.17) is 0 Å². The highest BCUT2D eigenvalue weighted by Gasteiger charge is 2.18. The standard InChI is InChI=1S/C7H14FN/c1-2-6-3-7(8)5-9-4-6/h6-7,9H,2-5H2,1H3/t6-,7+/m0/s1. The molecule has 54 valence electrons. The van der Waals surface area contributed by atoms with Crippen LogP contribution >= 0.6 is 0 Å². The predicted molar refractivity (Wildman–Crippen MR) is 36.2 cm³/mol. The molecule has 0 bridgehead atoms. The van der Waals surface area contributed by atoms with Gasteiger partial charge in [-0.3, -0.25) is 0 Å². The van der Waals surface area contributed by atoms with E-state index < -0.39 is 6.17 Å². The second kappa shape index (κ2) is 3.16. The zero-order valence-corrected chi connectivity index (χ0v) is 5.86. The van der Waals surface area contributed by atoms with Gasteiger partial charge < -0.3 is 5.32 Å². The molecule has 0 unspecified atom stereocenters. The van der Waals surface area contributed by atoms with Gasteiger partial charge in [-0.2, -0.15) is 0 Å². The number of nitrogens with one attached hydrogen (secondary N) is 1. The van der Waals surface area contributed by atoms with Crippen LogP contribution in [0.3, 0.4) is 0 Å². The van der Waals surface area contributed by atoms with Gasteiger partial charge in [-0.1, -0.05) is 13.3 Å². The van der Waals surface area contributed by atoms with Crippen molar-refractivity contribution < 1.29 is 4.39 Å². The molecule has 0 aromatic heterocycles. The summed E-state index contributed by atoms with van der Waals surface area (Å²) >= 11 is 0. The second-order valence-electron chi connectivity index (χ2n) is 2.77. The quantitative estimate of drug-likeness (QED) is 0.566. The van der Waals surface area contributed by atoms with Crippen LogP contribution in [0.2, 0.25) is 0 Å². The van der Waals surface area contributed by atoms with Gasteiger partial charge >= 0.3 is 0 Å². The number of alkyl halides is 1. The van der Waals surface area contributed by atoms with E-state index in [1.165, 1.54) is 0 Å².